The summed E-state index contributed by atoms with van der Waals surface area (Å²) in [5.74, 6) is 1.31. The van der Waals surface area contributed by atoms with E-state index in [1.54, 1.807) is 61.1 Å². The molecular weight excluding hydrogens is 528 g/mol. The van der Waals surface area contributed by atoms with Crippen LogP contribution in [0.4, 0.5) is 0 Å². The van der Waals surface area contributed by atoms with Gasteiger partial charge in [-0.05, 0) is 177 Å². The molecule has 7 aliphatic rings. The molecule has 0 bridgehead atoms. The van der Waals surface area contributed by atoms with Crippen molar-refractivity contribution in [1.82, 2.24) is 0 Å². The molecule has 2 aromatic carbocycles. The molecule has 0 radical (unpaired) electrons. The molecular formula is C44H46. The smallest absolute Gasteiger partial charge is 0.00676 e. The van der Waals surface area contributed by atoms with Crippen LogP contribution in [0.5, 0.6) is 0 Å². The fourth-order valence-electron chi connectivity index (χ4n) is 9.75. The summed E-state index contributed by atoms with van der Waals surface area (Å²) in [6.45, 7) is 7.24. The predicted molar refractivity (Wildman–Crippen MR) is 188 cm³/mol. The summed E-state index contributed by atoms with van der Waals surface area (Å²) in [7, 11) is 0. The van der Waals surface area contributed by atoms with Crippen molar-refractivity contribution in [1.29, 1.82) is 0 Å². The van der Waals surface area contributed by atoms with Crippen molar-refractivity contribution in [2.24, 2.45) is 11.3 Å². The van der Waals surface area contributed by atoms with E-state index in [1.807, 2.05) is 0 Å². The summed E-state index contributed by atoms with van der Waals surface area (Å²) in [6.07, 6.45) is 32.5. The fraction of sp³-hybridized carbons (Fsp3) is 0.409. The lowest BCUT2D eigenvalue weighted by Crippen LogP contribution is -2.33. The van der Waals surface area contributed by atoms with E-state index in [9.17, 15) is 0 Å². The van der Waals surface area contributed by atoms with Crippen LogP contribution in [-0.2, 0) is 0 Å². The van der Waals surface area contributed by atoms with Crippen LogP contribution in [0.1, 0.15) is 115 Å². The minimum Gasteiger partial charge on any atom is -0.0839 e. The average molecular weight is 575 g/mol. The summed E-state index contributed by atoms with van der Waals surface area (Å²) in [5, 5.41) is 6.01. The van der Waals surface area contributed by atoms with E-state index >= 15 is 0 Å². The van der Waals surface area contributed by atoms with Crippen molar-refractivity contribution in [2.45, 2.75) is 104 Å². The monoisotopic (exact) mass is 574 g/mol. The highest BCUT2D eigenvalue weighted by molar-refractivity contribution is 5.93. The summed E-state index contributed by atoms with van der Waals surface area (Å²) in [5.41, 5.74) is 18.2. The zero-order chi connectivity index (χ0) is 29.6. The Balaban J connectivity index is 1.06. The van der Waals surface area contributed by atoms with Crippen molar-refractivity contribution in [2.75, 3.05) is 0 Å². The molecule has 0 aliphatic heterocycles. The third kappa shape index (κ3) is 4.31. The van der Waals surface area contributed by atoms with Crippen molar-refractivity contribution in [3.63, 3.8) is 0 Å². The van der Waals surface area contributed by atoms with E-state index in [0.29, 0.717) is 17.3 Å². The highest BCUT2D eigenvalue weighted by Gasteiger charge is 2.33. The van der Waals surface area contributed by atoms with Gasteiger partial charge >= 0.3 is 0 Å². The highest BCUT2D eigenvalue weighted by Crippen LogP contribution is 2.46. The Labute approximate surface area is 263 Å². The number of benzene rings is 2. The van der Waals surface area contributed by atoms with Gasteiger partial charge in [0.15, 0.2) is 0 Å². The molecule has 0 amide bonds. The molecule has 0 saturated heterocycles. The van der Waals surface area contributed by atoms with Gasteiger partial charge in [0, 0.05) is 0 Å². The summed E-state index contributed by atoms with van der Waals surface area (Å²) >= 11 is 0. The lowest BCUT2D eigenvalue weighted by Gasteiger charge is -2.37. The van der Waals surface area contributed by atoms with Gasteiger partial charge in [0.25, 0.3) is 0 Å². The lowest BCUT2D eigenvalue weighted by atomic mass is 9.68. The maximum Gasteiger partial charge on any atom is -0.00676 e. The van der Waals surface area contributed by atoms with Gasteiger partial charge in [-0.1, -0.05) is 87.6 Å². The van der Waals surface area contributed by atoms with E-state index in [1.165, 1.54) is 92.0 Å². The number of fused-ring (bicyclic) bond motifs is 1. The molecule has 44 heavy (non-hydrogen) atoms. The molecule has 0 heterocycles. The predicted octanol–water partition coefficient (Wildman–Crippen LogP) is 10.6. The van der Waals surface area contributed by atoms with Crippen molar-refractivity contribution >= 4 is 28.5 Å². The molecule has 0 nitrogen and oxygen atoms in total. The Morgan fingerprint density at radius 2 is 1.34 bits per heavy atom. The number of hydrogen-bond donors (Lipinski definition) is 0. The molecule has 0 heteroatoms. The Morgan fingerprint density at radius 1 is 0.659 bits per heavy atom. The first-order chi connectivity index (χ1) is 21.4. The molecule has 0 N–H and O–H groups in total. The van der Waals surface area contributed by atoms with Crippen LogP contribution < -0.4 is 10.4 Å². The van der Waals surface area contributed by atoms with Crippen LogP contribution in [0.25, 0.3) is 28.5 Å². The van der Waals surface area contributed by atoms with Gasteiger partial charge in [-0.3, -0.25) is 0 Å². The molecule has 7 aliphatic carbocycles. The maximum absolute atomic E-state index is 2.62. The zero-order valence-corrected chi connectivity index (χ0v) is 27.0. The first kappa shape index (κ1) is 27.0. The third-order valence-corrected chi connectivity index (χ3v) is 12.2. The quantitative estimate of drug-likeness (QED) is 0.335. The lowest BCUT2D eigenvalue weighted by molar-refractivity contribution is 0.274. The van der Waals surface area contributed by atoms with Crippen LogP contribution in [0.15, 0.2) is 99.2 Å². The molecule has 9 rings (SSSR count). The van der Waals surface area contributed by atoms with Gasteiger partial charge in [0.2, 0.25) is 0 Å². The molecule has 0 aromatic heterocycles. The Bertz CT molecular complexity index is 1980. The van der Waals surface area contributed by atoms with E-state index in [0.717, 1.165) is 6.42 Å². The van der Waals surface area contributed by atoms with Crippen molar-refractivity contribution in [3.8, 4) is 0 Å². The van der Waals surface area contributed by atoms with Gasteiger partial charge in [-0.25, -0.2) is 0 Å². The summed E-state index contributed by atoms with van der Waals surface area (Å²) in [4.78, 5) is 0. The average Bonchev–Trinajstić information content (AvgIpc) is 3.05. The molecule has 2 unspecified atom stereocenters. The second kappa shape index (κ2) is 10.1. The first-order valence-corrected chi connectivity index (χ1v) is 17.6. The van der Waals surface area contributed by atoms with Gasteiger partial charge in [-0.15, -0.1) is 0 Å². The SMILES string of the molecule is CC(C)(C)C1C=c2ccc3ccc(C4=CC5=C(C=C(C6=CC7=C(CC6)C6=C(C=CCC6)CC7)CC5)CC4)c4c3c2C(CC=4)C1. The maximum atomic E-state index is 2.62. The van der Waals surface area contributed by atoms with Crippen LogP contribution >= 0.6 is 0 Å². The first-order valence-electron chi connectivity index (χ1n) is 17.6. The largest absolute Gasteiger partial charge is 0.0839 e. The molecule has 2 atom stereocenters. The molecule has 222 valence electrons. The van der Waals surface area contributed by atoms with Crippen LogP contribution in [0, 0.1) is 11.3 Å². The Hall–Kier alpha value is -3.38. The summed E-state index contributed by atoms with van der Waals surface area (Å²) < 4.78 is 0. The Kier molecular flexibility index (Phi) is 6.17. The third-order valence-electron chi connectivity index (χ3n) is 12.2. The van der Waals surface area contributed by atoms with Crippen molar-refractivity contribution < 1.29 is 0 Å². The normalized spacial score (nSPS) is 25.8. The van der Waals surface area contributed by atoms with Gasteiger partial charge in [-0.2, -0.15) is 0 Å². The van der Waals surface area contributed by atoms with Crippen LogP contribution in [-0.4, -0.2) is 0 Å². The highest BCUT2D eigenvalue weighted by atomic mass is 14.4. The summed E-state index contributed by atoms with van der Waals surface area (Å²) in [6, 6.07) is 9.65. The van der Waals surface area contributed by atoms with E-state index in [4.69, 9.17) is 0 Å². The molecule has 0 saturated carbocycles. The molecule has 0 spiro atoms. The minimum atomic E-state index is 0.319. The standard InChI is InChI=1S/C44H46/c1-44(2,3)37-25-35-15-9-28-16-19-40(41-21-18-36(26-37)42(35)43(28)41)34-14-12-30-22-29(10-11-31(30)23-34)32-17-20-39-33(24-32)13-8-27-6-4-5-7-38(27)39/h4,6,9,15-16,19,21-25,36-37H,5,7-8,10-14,17-18,20,26H2,1-3H3. The molecule has 0 fully saturated rings. The van der Waals surface area contributed by atoms with Gasteiger partial charge in [0.1, 0.15) is 0 Å². The molecule has 2 aromatic rings. The topological polar surface area (TPSA) is 0 Å². The van der Waals surface area contributed by atoms with Crippen LogP contribution in [0.3, 0.4) is 0 Å². The zero-order valence-electron chi connectivity index (χ0n) is 27.0. The van der Waals surface area contributed by atoms with E-state index in [2.05, 4.69) is 87.6 Å². The Morgan fingerprint density at radius 3 is 2.18 bits per heavy atom. The van der Waals surface area contributed by atoms with Crippen LogP contribution in [0.2, 0.25) is 0 Å². The number of rotatable bonds is 2. The second-order valence-electron chi connectivity index (χ2n) is 15.7. The van der Waals surface area contributed by atoms with Crippen molar-refractivity contribution in [3.05, 3.63) is 121 Å². The van der Waals surface area contributed by atoms with E-state index in [-0.39, 0.29) is 0 Å². The van der Waals surface area contributed by atoms with Gasteiger partial charge in [0.05, 0.1) is 0 Å². The van der Waals surface area contributed by atoms with E-state index < -0.39 is 0 Å². The minimum absolute atomic E-state index is 0.319. The second-order valence-corrected chi connectivity index (χ2v) is 15.7. The van der Waals surface area contributed by atoms with Gasteiger partial charge < -0.3 is 0 Å². The number of allylic oxidation sites excluding steroid dienone is 14. The number of hydrogen-bond acceptors (Lipinski definition) is 0. The fourth-order valence-corrected chi connectivity index (χ4v) is 9.75.